The molecule has 0 spiro atoms. The average Bonchev–Trinajstić information content (AvgIpc) is 2.32. The average molecular weight is 303 g/mol. The second-order valence-electron chi connectivity index (χ2n) is 4.09. The van der Waals surface area contributed by atoms with Crippen LogP contribution in [-0.4, -0.2) is 16.1 Å². The van der Waals surface area contributed by atoms with Gasteiger partial charge in [-0.15, -0.1) is 0 Å². The fourth-order valence-electron chi connectivity index (χ4n) is 1.74. The summed E-state index contributed by atoms with van der Waals surface area (Å²) in [5.41, 5.74) is 11.3. The normalized spacial score (nSPS) is 11.6. The van der Waals surface area contributed by atoms with Gasteiger partial charge in [-0.2, -0.15) is 18.2 Å². The number of benzene rings is 1. The summed E-state index contributed by atoms with van der Waals surface area (Å²) in [5.74, 6) is -0.460. The molecule has 0 aliphatic carbocycles. The van der Waals surface area contributed by atoms with Gasteiger partial charge in [0.2, 0.25) is 5.95 Å². The lowest BCUT2D eigenvalue weighted by Crippen LogP contribution is -2.16. The van der Waals surface area contributed by atoms with E-state index >= 15 is 0 Å². The zero-order chi connectivity index (χ0) is 14.9. The number of hydrogen-bond acceptors (Lipinski definition) is 4. The van der Waals surface area contributed by atoms with Crippen molar-refractivity contribution in [3.8, 4) is 11.3 Å². The molecule has 0 saturated carbocycles. The molecule has 0 saturated heterocycles. The van der Waals surface area contributed by atoms with Crippen LogP contribution in [0.15, 0.2) is 24.3 Å². The first kappa shape index (κ1) is 14.4. The van der Waals surface area contributed by atoms with Crippen LogP contribution >= 0.6 is 11.6 Å². The molecule has 8 heteroatoms. The Bertz CT molecular complexity index is 626. The molecule has 106 valence electrons. The van der Waals surface area contributed by atoms with Crippen molar-refractivity contribution in [3.63, 3.8) is 0 Å². The smallest absolute Gasteiger partial charge is 0.383 e. The minimum atomic E-state index is -4.42. The predicted molar refractivity (Wildman–Crippen MR) is 71.1 cm³/mol. The van der Waals surface area contributed by atoms with Gasteiger partial charge in [0.15, 0.2) is 0 Å². The highest BCUT2D eigenvalue weighted by Gasteiger charge is 2.31. The molecule has 0 radical (unpaired) electrons. The first-order valence-electron chi connectivity index (χ1n) is 5.51. The number of hydrogen-bond donors (Lipinski definition) is 2. The molecule has 0 fully saturated rings. The Kier molecular flexibility index (Phi) is 3.71. The zero-order valence-electron chi connectivity index (χ0n) is 10.1. The molecule has 0 atom stereocenters. The lowest BCUT2D eigenvalue weighted by Gasteiger charge is -2.13. The summed E-state index contributed by atoms with van der Waals surface area (Å²) in [5, 5.41) is 0.459. The summed E-state index contributed by atoms with van der Waals surface area (Å²) in [6.07, 6.45) is -5.65. The first-order chi connectivity index (χ1) is 9.26. The molecule has 0 aliphatic heterocycles. The second kappa shape index (κ2) is 5.16. The lowest BCUT2D eigenvalue weighted by molar-refractivity contribution is -0.127. The van der Waals surface area contributed by atoms with Crippen molar-refractivity contribution in [2.45, 2.75) is 12.6 Å². The van der Waals surface area contributed by atoms with Crippen LogP contribution in [0.4, 0.5) is 24.9 Å². The number of nitrogens with two attached hydrogens (primary N) is 2. The zero-order valence-corrected chi connectivity index (χ0v) is 10.8. The predicted octanol–water partition coefficient (Wildman–Crippen LogP) is 3.07. The topological polar surface area (TPSA) is 77.8 Å². The Labute approximate surface area is 117 Å². The van der Waals surface area contributed by atoms with E-state index in [4.69, 9.17) is 23.1 Å². The molecule has 0 amide bonds. The molecule has 0 bridgehead atoms. The summed E-state index contributed by atoms with van der Waals surface area (Å²) in [4.78, 5) is 7.44. The Morgan fingerprint density at radius 1 is 1.05 bits per heavy atom. The number of alkyl halides is 3. The SMILES string of the molecule is Nc1nc(N)c(CC(F)(F)F)c(-c2ccc(Cl)cc2)n1. The highest BCUT2D eigenvalue weighted by molar-refractivity contribution is 6.30. The molecule has 20 heavy (non-hydrogen) atoms. The van der Waals surface area contributed by atoms with Crippen LogP contribution in [0.1, 0.15) is 5.56 Å². The molecule has 4 nitrogen and oxygen atoms in total. The van der Waals surface area contributed by atoms with Crippen molar-refractivity contribution in [1.82, 2.24) is 9.97 Å². The van der Waals surface area contributed by atoms with Crippen molar-refractivity contribution in [2.75, 3.05) is 11.5 Å². The molecule has 1 aromatic heterocycles. The highest BCUT2D eigenvalue weighted by Crippen LogP contribution is 2.32. The van der Waals surface area contributed by atoms with E-state index in [9.17, 15) is 13.2 Å². The largest absolute Gasteiger partial charge is 0.393 e. The Hall–Kier alpha value is -2.02. The summed E-state index contributed by atoms with van der Waals surface area (Å²) < 4.78 is 37.9. The van der Waals surface area contributed by atoms with Gasteiger partial charge in [-0.05, 0) is 12.1 Å². The van der Waals surface area contributed by atoms with Gasteiger partial charge in [0.25, 0.3) is 0 Å². The van der Waals surface area contributed by atoms with Crippen molar-refractivity contribution in [2.24, 2.45) is 0 Å². The van der Waals surface area contributed by atoms with Gasteiger partial charge in [-0.1, -0.05) is 23.7 Å². The second-order valence-corrected chi connectivity index (χ2v) is 4.53. The molecule has 0 aliphatic rings. The van der Waals surface area contributed by atoms with Crippen molar-refractivity contribution < 1.29 is 13.2 Å². The van der Waals surface area contributed by atoms with Crippen LogP contribution in [-0.2, 0) is 6.42 Å². The third kappa shape index (κ3) is 3.30. The minimum absolute atomic E-state index is 0.0593. The fraction of sp³-hybridized carbons (Fsp3) is 0.167. The van der Waals surface area contributed by atoms with E-state index in [1.54, 1.807) is 24.3 Å². The fourth-order valence-corrected chi connectivity index (χ4v) is 1.87. The minimum Gasteiger partial charge on any atom is -0.383 e. The standard InChI is InChI=1S/C12H10ClF3N4/c13-7-3-1-6(2-4-7)9-8(5-12(14,15)16)10(17)20-11(18)19-9/h1-4H,5H2,(H4,17,18,19,20). The van der Waals surface area contributed by atoms with Crippen molar-refractivity contribution in [3.05, 3.63) is 34.9 Å². The monoisotopic (exact) mass is 302 g/mol. The van der Waals surface area contributed by atoms with Crippen LogP contribution < -0.4 is 11.5 Å². The van der Waals surface area contributed by atoms with Crippen LogP contribution in [0.2, 0.25) is 5.02 Å². The Morgan fingerprint density at radius 2 is 1.65 bits per heavy atom. The summed E-state index contributed by atoms with van der Waals surface area (Å²) in [6.45, 7) is 0. The van der Waals surface area contributed by atoms with Crippen LogP contribution in [0.25, 0.3) is 11.3 Å². The van der Waals surface area contributed by atoms with E-state index in [1.807, 2.05) is 0 Å². The van der Waals surface area contributed by atoms with Gasteiger partial charge < -0.3 is 11.5 Å². The third-order valence-electron chi connectivity index (χ3n) is 2.55. The van der Waals surface area contributed by atoms with Gasteiger partial charge in [0.05, 0.1) is 12.1 Å². The summed E-state index contributed by atoms with van der Waals surface area (Å²) in [6, 6.07) is 6.18. The molecule has 1 aromatic carbocycles. The van der Waals surface area contributed by atoms with E-state index in [-0.39, 0.29) is 23.0 Å². The number of aromatic nitrogens is 2. The van der Waals surface area contributed by atoms with Gasteiger partial charge in [-0.3, -0.25) is 0 Å². The van der Waals surface area contributed by atoms with E-state index in [0.29, 0.717) is 10.6 Å². The van der Waals surface area contributed by atoms with E-state index in [2.05, 4.69) is 9.97 Å². The number of nitrogens with zero attached hydrogens (tertiary/aromatic N) is 2. The quantitative estimate of drug-likeness (QED) is 0.893. The van der Waals surface area contributed by atoms with Gasteiger partial charge >= 0.3 is 6.18 Å². The third-order valence-corrected chi connectivity index (χ3v) is 2.80. The molecular formula is C12H10ClF3N4. The number of anilines is 2. The van der Waals surface area contributed by atoms with E-state index < -0.39 is 12.6 Å². The number of nitrogen functional groups attached to an aromatic ring is 2. The molecule has 2 rings (SSSR count). The maximum atomic E-state index is 12.6. The van der Waals surface area contributed by atoms with Gasteiger partial charge in [0.1, 0.15) is 5.82 Å². The molecule has 4 N–H and O–H groups in total. The summed E-state index contributed by atoms with van der Waals surface area (Å²) >= 11 is 5.75. The van der Waals surface area contributed by atoms with Crippen molar-refractivity contribution >= 4 is 23.4 Å². The maximum absolute atomic E-state index is 12.6. The Balaban J connectivity index is 2.58. The van der Waals surface area contributed by atoms with E-state index in [0.717, 1.165) is 0 Å². The van der Waals surface area contributed by atoms with Crippen LogP contribution in [0.3, 0.4) is 0 Å². The number of rotatable bonds is 2. The first-order valence-corrected chi connectivity index (χ1v) is 5.88. The van der Waals surface area contributed by atoms with Gasteiger partial charge in [-0.25, -0.2) is 4.98 Å². The van der Waals surface area contributed by atoms with Gasteiger partial charge in [0, 0.05) is 16.1 Å². The molecule has 1 heterocycles. The molecular weight excluding hydrogens is 293 g/mol. The maximum Gasteiger partial charge on any atom is 0.393 e. The molecule has 0 unspecified atom stereocenters. The lowest BCUT2D eigenvalue weighted by atomic mass is 10.0. The number of halogens is 4. The summed E-state index contributed by atoms with van der Waals surface area (Å²) in [7, 11) is 0. The van der Waals surface area contributed by atoms with Crippen LogP contribution in [0.5, 0.6) is 0 Å². The highest BCUT2D eigenvalue weighted by atomic mass is 35.5. The molecule has 2 aromatic rings. The van der Waals surface area contributed by atoms with E-state index in [1.165, 1.54) is 0 Å². The Morgan fingerprint density at radius 3 is 2.20 bits per heavy atom. The van der Waals surface area contributed by atoms with Crippen LogP contribution in [0, 0.1) is 0 Å². The van der Waals surface area contributed by atoms with Crippen molar-refractivity contribution in [1.29, 1.82) is 0 Å².